The van der Waals surface area contributed by atoms with Crippen molar-refractivity contribution in [2.24, 2.45) is 0 Å². The molecule has 3 rings (SSSR count). The van der Waals surface area contributed by atoms with Crippen LogP contribution in [0.5, 0.6) is 5.75 Å². The summed E-state index contributed by atoms with van der Waals surface area (Å²) in [5.41, 5.74) is 2.33. The van der Waals surface area contributed by atoms with Crippen molar-refractivity contribution in [3.8, 4) is 17.1 Å². The maximum absolute atomic E-state index is 12.0. The van der Waals surface area contributed by atoms with Crippen LogP contribution < -0.4 is 10.1 Å². The number of rotatable bonds is 6. The number of halogens is 1. The maximum Gasteiger partial charge on any atom is 0.224 e. The molecule has 0 aliphatic heterocycles. The van der Waals surface area contributed by atoms with Crippen molar-refractivity contribution in [2.75, 3.05) is 7.11 Å². The normalized spacial score (nSPS) is 10.5. The molecule has 128 valence electrons. The van der Waals surface area contributed by atoms with E-state index in [-0.39, 0.29) is 12.3 Å². The van der Waals surface area contributed by atoms with Gasteiger partial charge in [0.05, 0.1) is 20.1 Å². The molecule has 1 aromatic heterocycles. The Kier molecular flexibility index (Phi) is 5.36. The van der Waals surface area contributed by atoms with Gasteiger partial charge in [0.15, 0.2) is 5.76 Å². The van der Waals surface area contributed by atoms with E-state index in [1.54, 1.807) is 19.2 Å². The van der Waals surface area contributed by atoms with Crippen LogP contribution >= 0.6 is 11.6 Å². The lowest BCUT2D eigenvalue weighted by Crippen LogP contribution is -2.24. The van der Waals surface area contributed by atoms with Gasteiger partial charge in [-0.1, -0.05) is 35.0 Å². The molecule has 6 heteroatoms. The van der Waals surface area contributed by atoms with Crippen molar-refractivity contribution in [1.29, 1.82) is 0 Å². The third-order valence-electron chi connectivity index (χ3n) is 3.71. The van der Waals surface area contributed by atoms with E-state index in [0.717, 1.165) is 16.9 Å². The van der Waals surface area contributed by atoms with Crippen molar-refractivity contribution in [3.05, 3.63) is 70.9 Å². The predicted octanol–water partition coefficient (Wildman–Crippen LogP) is 3.86. The van der Waals surface area contributed by atoms with Crippen molar-refractivity contribution < 1.29 is 14.1 Å². The van der Waals surface area contributed by atoms with Gasteiger partial charge in [-0.2, -0.15) is 0 Å². The van der Waals surface area contributed by atoms with Crippen LogP contribution in [0.25, 0.3) is 11.3 Å². The Bertz CT molecular complexity index is 859. The van der Waals surface area contributed by atoms with Gasteiger partial charge in [0.2, 0.25) is 5.91 Å². The highest BCUT2D eigenvalue weighted by Gasteiger charge is 2.10. The first kappa shape index (κ1) is 17.0. The van der Waals surface area contributed by atoms with Crippen LogP contribution in [0.3, 0.4) is 0 Å². The van der Waals surface area contributed by atoms with Crippen molar-refractivity contribution in [1.82, 2.24) is 10.5 Å². The summed E-state index contributed by atoms with van der Waals surface area (Å²) in [5.74, 6) is 1.29. The summed E-state index contributed by atoms with van der Waals surface area (Å²) in [4.78, 5) is 12.0. The Morgan fingerprint density at radius 2 is 1.96 bits per heavy atom. The second-order valence-electron chi connectivity index (χ2n) is 5.46. The summed E-state index contributed by atoms with van der Waals surface area (Å²) in [6.07, 6.45) is 0.225. The van der Waals surface area contributed by atoms with E-state index in [0.29, 0.717) is 23.0 Å². The van der Waals surface area contributed by atoms with Crippen molar-refractivity contribution in [2.45, 2.75) is 13.0 Å². The largest absolute Gasteiger partial charge is 0.497 e. The molecule has 5 nitrogen and oxygen atoms in total. The van der Waals surface area contributed by atoms with Gasteiger partial charge in [-0.15, -0.1) is 0 Å². The van der Waals surface area contributed by atoms with E-state index in [9.17, 15) is 4.79 Å². The maximum atomic E-state index is 12.0. The fourth-order valence-electron chi connectivity index (χ4n) is 2.35. The molecule has 3 aromatic rings. The minimum Gasteiger partial charge on any atom is -0.497 e. The minimum absolute atomic E-state index is 0.123. The van der Waals surface area contributed by atoms with Crippen LogP contribution in [0.15, 0.2) is 59.1 Å². The number of hydrogen-bond acceptors (Lipinski definition) is 4. The van der Waals surface area contributed by atoms with Gasteiger partial charge in [-0.25, -0.2) is 0 Å². The summed E-state index contributed by atoms with van der Waals surface area (Å²) in [6.45, 7) is 0.295. The number of nitrogens with zero attached hydrogens (tertiary/aromatic N) is 1. The molecule has 25 heavy (non-hydrogen) atoms. The number of carbonyl (C=O) groups excluding carboxylic acids is 1. The Morgan fingerprint density at radius 3 is 2.68 bits per heavy atom. The van der Waals surface area contributed by atoms with Gasteiger partial charge < -0.3 is 14.6 Å². The molecule has 1 amide bonds. The Hall–Kier alpha value is -2.79. The summed E-state index contributed by atoms with van der Waals surface area (Å²) in [6, 6.07) is 16.6. The molecule has 1 heterocycles. The predicted molar refractivity (Wildman–Crippen MR) is 95.5 cm³/mol. The third-order valence-corrected chi connectivity index (χ3v) is 4.08. The molecular formula is C19H17ClN2O3. The minimum atomic E-state index is -0.123. The lowest BCUT2D eigenvalue weighted by Gasteiger charge is -2.04. The lowest BCUT2D eigenvalue weighted by molar-refractivity contribution is -0.120. The second-order valence-corrected chi connectivity index (χ2v) is 5.86. The molecule has 0 saturated heterocycles. The van der Waals surface area contributed by atoms with Gasteiger partial charge >= 0.3 is 0 Å². The van der Waals surface area contributed by atoms with Crippen LogP contribution in [0.4, 0.5) is 0 Å². The number of nitrogens with one attached hydrogen (secondary N) is 1. The fourth-order valence-corrected chi connectivity index (χ4v) is 2.56. The summed E-state index contributed by atoms with van der Waals surface area (Å²) in [5, 5.41) is 7.39. The molecule has 0 fully saturated rings. The van der Waals surface area contributed by atoms with E-state index in [2.05, 4.69) is 10.5 Å². The highest BCUT2D eigenvalue weighted by atomic mass is 35.5. The van der Waals surface area contributed by atoms with Crippen molar-refractivity contribution in [3.63, 3.8) is 0 Å². The zero-order valence-corrected chi connectivity index (χ0v) is 14.4. The van der Waals surface area contributed by atoms with E-state index in [1.165, 1.54) is 0 Å². The molecule has 0 bridgehead atoms. The SMILES string of the molecule is COc1ccc(-c2cc(CNC(=O)Cc3ccccc3Cl)no2)cc1. The average Bonchev–Trinajstić information content (AvgIpc) is 3.11. The zero-order chi connectivity index (χ0) is 17.6. The Morgan fingerprint density at radius 1 is 1.20 bits per heavy atom. The number of aromatic nitrogens is 1. The standard InChI is InChI=1S/C19H17ClN2O3/c1-24-16-8-6-13(7-9-16)18-11-15(22-25-18)12-21-19(23)10-14-4-2-3-5-17(14)20/h2-9,11H,10,12H2,1H3,(H,21,23). The molecular weight excluding hydrogens is 340 g/mol. The monoisotopic (exact) mass is 356 g/mol. The zero-order valence-electron chi connectivity index (χ0n) is 13.7. The van der Waals surface area contributed by atoms with Gasteiger partial charge in [-0.3, -0.25) is 4.79 Å². The first-order chi connectivity index (χ1) is 12.2. The van der Waals surface area contributed by atoms with Crippen molar-refractivity contribution >= 4 is 17.5 Å². The van der Waals surface area contributed by atoms with E-state index in [4.69, 9.17) is 20.9 Å². The topological polar surface area (TPSA) is 64.4 Å². The smallest absolute Gasteiger partial charge is 0.224 e. The van der Waals surface area contributed by atoms with Crippen LogP contribution in [0.2, 0.25) is 5.02 Å². The molecule has 0 spiro atoms. The number of benzene rings is 2. The van der Waals surface area contributed by atoms with E-state index in [1.807, 2.05) is 42.5 Å². The number of methoxy groups -OCH3 is 1. The second kappa shape index (κ2) is 7.85. The highest BCUT2D eigenvalue weighted by Crippen LogP contribution is 2.23. The Labute approximate surface area is 150 Å². The van der Waals surface area contributed by atoms with Gasteiger partial charge in [-0.05, 0) is 35.9 Å². The quantitative estimate of drug-likeness (QED) is 0.728. The first-order valence-corrected chi connectivity index (χ1v) is 8.13. The molecule has 1 N–H and O–H groups in total. The van der Waals surface area contributed by atoms with Crippen LogP contribution in [0, 0.1) is 0 Å². The molecule has 0 atom stereocenters. The molecule has 0 radical (unpaired) electrons. The Balaban J connectivity index is 1.58. The number of carbonyl (C=O) groups is 1. The summed E-state index contributed by atoms with van der Waals surface area (Å²) >= 11 is 6.06. The van der Waals surface area contributed by atoms with Gasteiger partial charge in [0.1, 0.15) is 11.4 Å². The molecule has 0 aliphatic rings. The fraction of sp³-hybridized carbons (Fsp3) is 0.158. The summed E-state index contributed by atoms with van der Waals surface area (Å²) < 4.78 is 10.5. The van der Waals surface area contributed by atoms with Crippen LogP contribution in [-0.2, 0) is 17.8 Å². The van der Waals surface area contributed by atoms with Crippen LogP contribution in [-0.4, -0.2) is 18.2 Å². The van der Waals surface area contributed by atoms with Gasteiger partial charge in [0.25, 0.3) is 0 Å². The highest BCUT2D eigenvalue weighted by molar-refractivity contribution is 6.31. The third kappa shape index (κ3) is 4.39. The van der Waals surface area contributed by atoms with Crippen LogP contribution in [0.1, 0.15) is 11.3 Å². The molecule has 0 unspecified atom stereocenters. The number of amides is 1. The summed E-state index contributed by atoms with van der Waals surface area (Å²) in [7, 11) is 1.62. The first-order valence-electron chi connectivity index (χ1n) is 7.76. The molecule has 2 aromatic carbocycles. The number of hydrogen-bond donors (Lipinski definition) is 1. The van der Waals surface area contributed by atoms with E-state index < -0.39 is 0 Å². The molecule has 0 aliphatic carbocycles. The number of ether oxygens (including phenoxy) is 1. The molecule has 0 saturated carbocycles. The lowest BCUT2D eigenvalue weighted by atomic mass is 10.1. The van der Waals surface area contributed by atoms with Gasteiger partial charge in [0, 0.05) is 16.7 Å². The average molecular weight is 357 g/mol. The van der Waals surface area contributed by atoms with E-state index >= 15 is 0 Å².